The third-order valence-corrected chi connectivity index (χ3v) is 1.84. The van der Waals surface area contributed by atoms with Gasteiger partial charge in [0, 0.05) is 6.54 Å². The van der Waals surface area contributed by atoms with Crippen LogP contribution in [0.25, 0.3) is 0 Å². The van der Waals surface area contributed by atoms with Gasteiger partial charge in [0.05, 0.1) is 0 Å². The number of hydrogen-bond acceptors (Lipinski definition) is 3. The summed E-state index contributed by atoms with van der Waals surface area (Å²) in [5.74, 6) is -0.998. The molecule has 0 spiro atoms. The fourth-order valence-corrected chi connectivity index (χ4v) is 1.28. The van der Waals surface area contributed by atoms with Crippen molar-refractivity contribution in [3.05, 3.63) is 6.42 Å². The highest BCUT2D eigenvalue weighted by Gasteiger charge is 2.32. The molecule has 1 saturated heterocycles. The van der Waals surface area contributed by atoms with Crippen LogP contribution >= 0.6 is 0 Å². The maximum Gasteiger partial charge on any atom is 0.248 e. The van der Waals surface area contributed by atoms with E-state index in [0.717, 1.165) is 0 Å². The number of carbonyl (C=O) groups is 2. The molecule has 0 aromatic rings. The van der Waals surface area contributed by atoms with Crippen molar-refractivity contribution < 1.29 is 14.7 Å². The molecule has 0 bridgehead atoms. The van der Waals surface area contributed by atoms with Gasteiger partial charge in [-0.2, -0.15) is 0 Å². The molecule has 0 aromatic carbocycles. The minimum absolute atomic E-state index is 0.451. The first-order chi connectivity index (χ1) is 5.66. The quantitative estimate of drug-likeness (QED) is 0.517. The summed E-state index contributed by atoms with van der Waals surface area (Å²) in [7, 11) is 0. The zero-order valence-corrected chi connectivity index (χ0v) is 6.56. The van der Waals surface area contributed by atoms with E-state index in [9.17, 15) is 9.59 Å². The predicted molar refractivity (Wildman–Crippen MR) is 40.7 cm³/mol. The van der Waals surface area contributed by atoms with Gasteiger partial charge in [-0.05, 0) is 12.8 Å². The molecule has 67 valence electrons. The summed E-state index contributed by atoms with van der Waals surface area (Å²) >= 11 is 0. The molecule has 0 unspecified atom stereocenters. The fourth-order valence-electron chi connectivity index (χ4n) is 1.28. The molecule has 3 N–H and O–H groups in total. The Bertz CT molecular complexity index is 205. The monoisotopic (exact) mass is 171 g/mol. The van der Waals surface area contributed by atoms with E-state index in [2.05, 4.69) is 0 Å². The lowest BCUT2D eigenvalue weighted by Crippen LogP contribution is -2.44. The largest absolute Gasteiger partial charge is 0.387 e. The van der Waals surface area contributed by atoms with Crippen molar-refractivity contribution in [2.24, 2.45) is 5.73 Å². The molecular formula is C7H11N2O3. The Balaban J connectivity index is 2.63. The molecule has 0 aliphatic carbocycles. The molecule has 1 aliphatic heterocycles. The van der Waals surface area contributed by atoms with E-state index in [-0.39, 0.29) is 0 Å². The Morgan fingerprint density at radius 3 is 2.83 bits per heavy atom. The smallest absolute Gasteiger partial charge is 0.248 e. The van der Waals surface area contributed by atoms with E-state index < -0.39 is 24.5 Å². The Morgan fingerprint density at radius 1 is 1.67 bits per heavy atom. The minimum Gasteiger partial charge on any atom is -0.387 e. The number of likely N-dealkylation sites (tertiary alicyclic amines) is 1. The average molecular weight is 171 g/mol. The van der Waals surface area contributed by atoms with Gasteiger partial charge >= 0.3 is 0 Å². The lowest BCUT2D eigenvalue weighted by molar-refractivity contribution is -0.138. The lowest BCUT2D eigenvalue weighted by Gasteiger charge is -2.20. The van der Waals surface area contributed by atoms with Crippen molar-refractivity contribution in [1.29, 1.82) is 0 Å². The standard InChI is InChI=1S/C7H11N2O3/c8-7(12)5-2-1-3-9(5)6(11)4-10/h2,5,10H,1,3-4H2,(H2,8,12)/t5-/m1/s1. The van der Waals surface area contributed by atoms with Crippen LogP contribution in [0.3, 0.4) is 0 Å². The Hall–Kier alpha value is -1.10. The van der Waals surface area contributed by atoms with Gasteiger partial charge in [0.1, 0.15) is 12.6 Å². The lowest BCUT2D eigenvalue weighted by atomic mass is 10.2. The van der Waals surface area contributed by atoms with E-state index in [1.807, 2.05) is 0 Å². The number of primary amides is 1. The number of nitrogens with zero attached hydrogens (tertiary/aromatic N) is 1. The summed E-state index contributed by atoms with van der Waals surface area (Å²) in [5, 5.41) is 8.54. The molecule has 1 rings (SSSR count). The van der Waals surface area contributed by atoms with E-state index in [4.69, 9.17) is 10.8 Å². The van der Waals surface area contributed by atoms with Crippen LogP contribution in [0.2, 0.25) is 0 Å². The molecule has 2 amide bonds. The van der Waals surface area contributed by atoms with Crippen molar-refractivity contribution in [1.82, 2.24) is 4.90 Å². The SMILES string of the molecule is NC(=O)[C@H]1[CH]CCN1C(=O)CO. The molecule has 1 heterocycles. The molecule has 1 atom stereocenters. The average Bonchev–Trinajstić information content (AvgIpc) is 2.50. The predicted octanol–water partition coefficient (Wildman–Crippen LogP) is -1.73. The van der Waals surface area contributed by atoms with E-state index in [1.54, 1.807) is 6.42 Å². The van der Waals surface area contributed by atoms with Crippen LogP contribution in [-0.4, -0.2) is 41.0 Å². The van der Waals surface area contributed by atoms with Crippen molar-refractivity contribution >= 4 is 11.8 Å². The zero-order valence-electron chi connectivity index (χ0n) is 6.56. The van der Waals surface area contributed by atoms with Crippen LogP contribution in [0.5, 0.6) is 0 Å². The topological polar surface area (TPSA) is 83.6 Å². The van der Waals surface area contributed by atoms with Gasteiger partial charge in [0.15, 0.2) is 0 Å². The number of rotatable bonds is 2. The number of hydrogen-bond donors (Lipinski definition) is 2. The van der Waals surface area contributed by atoms with Gasteiger partial charge in [-0.25, -0.2) is 0 Å². The van der Waals surface area contributed by atoms with Gasteiger partial charge in [-0.15, -0.1) is 0 Å². The molecule has 12 heavy (non-hydrogen) atoms. The highest BCUT2D eigenvalue weighted by molar-refractivity contribution is 5.88. The second-order valence-electron chi connectivity index (χ2n) is 2.62. The number of amides is 2. The second kappa shape index (κ2) is 3.53. The van der Waals surface area contributed by atoms with E-state index >= 15 is 0 Å². The van der Waals surface area contributed by atoms with Crippen LogP contribution in [0.1, 0.15) is 6.42 Å². The molecule has 0 saturated carbocycles. The maximum absolute atomic E-state index is 11.0. The number of nitrogens with two attached hydrogens (primary N) is 1. The van der Waals surface area contributed by atoms with Gasteiger partial charge in [-0.1, -0.05) is 0 Å². The molecule has 1 fully saturated rings. The summed E-state index contributed by atoms with van der Waals surface area (Å²) in [5.41, 5.74) is 5.03. The van der Waals surface area contributed by atoms with Crippen LogP contribution < -0.4 is 5.73 Å². The Kier molecular flexibility index (Phi) is 2.65. The normalized spacial score (nSPS) is 22.8. The van der Waals surface area contributed by atoms with Crippen LogP contribution in [0, 0.1) is 6.42 Å². The molecule has 5 nitrogen and oxygen atoms in total. The molecule has 1 radical (unpaired) electrons. The van der Waals surface area contributed by atoms with E-state index in [1.165, 1.54) is 4.90 Å². The van der Waals surface area contributed by atoms with Crippen molar-refractivity contribution in [2.45, 2.75) is 12.5 Å². The van der Waals surface area contributed by atoms with Gasteiger partial charge in [0.2, 0.25) is 11.8 Å². The van der Waals surface area contributed by atoms with Crippen LogP contribution in [0.15, 0.2) is 0 Å². The fraction of sp³-hybridized carbons (Fsp3) is 0.571. The van der Waals surface area contributed by atoms with Crippen LogP contribution in [0.4, 0.5) is 0 Å². The van der Waals surface area contributed by atoms with Crippen molar-refractivity contribution in [2.75, 3.05) is 13.2 Å². The first-order valence-electron chi connectivity index (χ1n) is 3.69. The Morgan fingerprint density at radius 2 is 2.33 bits per heavy atom. The number of aliphatic hydroxyl groups is 1. The van der Waals surface area contributed by atoms with Crippen molar-refractivity contribution in [3.63, 3.8) is 0 Å². The summed E-state index contributed by atoms with van der Waals surface area (Å²) in [6, 6.07) is -0.635. The summed E-state index contributed by atoms with van der Waals surface area (Å²) < 4.78 is 0. The summed E-state index contributed by atoms with van der Waals surface area (Å²) in [6.45, 7) is -0.107. The van der Waals surface area contributed by atoms with Gasteiger partial charge in [-0.3, -0.25) is 9.59 Å². The first-order valence-corrected chi connectivity index (χ1v) is 3.69. The highest BCUT2D eigenvalue weighted by Crippen LogP contribution is 2.15. The second-order valence-corrected chi connectivity index (χ2v) is 2.62. The Labute approximate surface area is 70.1 Å². The molecule has 1 aliphatic rings. The molecule has 5 heteroatoms. The number of carbonyl (C=O) groups excluding carboxylic acids is 2. The highest BCUT2D eigenvalue weighted by atomic mass is 16.3. The minimum atomic E-state index is -0.635. The molecular weight excluding hydrogens is 160 g/mol. The zero-order chi connectivity index (χ0) is 9.14. The third-order valence-electron chi connectivity index (χ3n) is 1.84. The van der Waals surface area contributed by atoms with E-state index in [0.29, 0.717) is 13.0 Å². The summed E-state index contributed by atoms with van der Waals surface area (Å²) in [6.07, 6.45) is 2.33. The first kappa shape index (κ1) is 8.99. The molecule has 0 aromatic heterocycles. The summed E-state index contributed by atoms with van der Waals surface area (Å²) in [4.78, 5) is 23.0. The maximum atomic E-state index is 11.0. The van der Waals surface area contributed by atoms with Crippen LogP contribution in [-0.2, 0) is 9.59 Å². The van der Waals surface area contributed by atoms with Crippen molar-refractivity contribution in [3.8, 4) is 0 Å². The van der Waals surface area contributed by atoms with Gasteiger partial charge < -0.3 is 15.7 Å². The third kappa shape index (κ3) is 1.55. The van der Waals surface area contributed by atoms with Gasteiger partial charge in [0.25, 0.3) is 0 Å². The number of aliphatic hydroxyl groups excluding tert-OH is 1.